The SMILES string of the molecule is CCCNCc1cncc(Oc2cc(F)ccc2Br)n1. The number of halogens is 2. The third-order valence-corrected chi connectivity index (χ3v) is 3.16. The summed E-state index contributed by atoms with van der Waals surface area (Å²) in [6.45, 7) is 3.64. The lowest BCUT2D eigenvalue weighted by molar-refractivity contribution is 0.449. The van der Waals surface area contributed by atoms with E-state index in [0.717, 1.165) is 18.7 Å². The Morgan fingerprint density at radius 3 is 3.00 bits per heavy atom. The van der Waals surface area contributed by atoms with Gasteiger partial charge in [0.05, 0.1) is 16.4 Å². The standard InChI is InChI=1S/C14H15BrFN3O/c1-2-5-17-7-11-8-18-9-14(19-11)20-13-6-10(16)3-4-12(13)15/h3-4,6,8-9,17H,2,5,7H2,1H3. The highest BCUT2D eigenvalue weighted by molar-refractivity contribution is 9.10. The van der Waals surface area contributed by atoms with Gasteiger partial charge in [-0.3, -0.25) is 4.98 Å². The molecule has 0 saturated heterocycles. The molecule has 106 valence electrons. The van der Waals surface area contributed by atoms with Crippen molar-refractivity contribution in [1.82, 2.24) is 15.3 Å². The van der Waals surface area contributed by atoms with Crippen LogP contribution in [0.4, 0.5) is 4.39 Å². The van der Waals surface area contributed by atoms with Crippen LogP contribution in [0.2, 0.25) is 0 Å². The van der Waals surface area contributed by atoms with Crippen LogP contribution in [-0.4, -0.2) is 16.5 Å². The lowest BCUT2D eigenvalue weighted by atomic mass is 10.3. The molecular weight excluding hydrogens is 325 g/mol. The fraction of sp³-hybridized carbons (Fsp3) is 0.286. The molecule has 0 saturated carbocycles. The average Bonchev–Trinajstić information content (AvgIpc) is 2.44. The summed E-state index contributed by atoms with van der Waals surface area (Å²) in [7, 11) is 0. The molecule has 1 N–H and O–H groups in total. The van der Waals surface area contributed by atoms with Crippen LogP contribution in [0.5, 0.6) is 11.6 Å². The van der Waals surface area contributed by atoms with Crippen LogP contribution in [0.15, 0.2) is 35.1 Å². The largest absolute Gasteiger partial charge is 0.436 e. The van der Waals surface area contributed by atoms with Crippen molar-refractivity contribution >= 4 is 15.9 Å². The Balaban J connectivity index is 2.09. The van der Waals surface area contributed by atoms with E-state index in [-0.39, 0.29) is 5.82 Å². The Hall–Kier alpha value is -1.53. The van der Waals surface area contributed by atoms with Crippen molar-refractivity contribution in [2.75, 3.05) is 6.54 Å². The number of nitrogens with one attached hydrogen (secondary N) is 1. The highest BCUT2D eigenvalue weighted by atomic mass is 79.9. The molecule has 0 spiro atoms. The normalized spacial score (nSPS) is 10.6. The molecule has 1 heterocycles. The first kappa shape index (κ1) is 14.9. The van der Waals surface area contributed by atoms with E-state index in [0.29, 0.717) is 22.6 Å². The van der Waals surface area contributed by atoms with Crippen molar-refractivity contribution in [2.24, 2.45) is 0 Å². The first-order valence-corrected chi connectivity index (χ1v) is 7.13. The van der Waals surface area contributed by atoms with E-state index in [9.17, 15) is 4.39 Å². The summed E-state index contributed by atoms with van der Waals surface area (Å²) in [6, 6.07) is 4.24. The van der Waals surface area contributed by atoms with Gasteiger partial charge in [0, 0.05) is 18.8 Å². The molecule has 0 aliphatic heterocycles. The van der Waals surface area contributed by atoms with Crippen LogP contribution in [0.25, 0.3) is 0 Å². The Bertz CT molecular complexity index is 580. The van der Waals surface area contributed by atoms with Gasteiger partial charge in [-0.2, -0.15) is 0 Å². The van der Waals surface area contributed by atoms with Crippen molar-refractivity contribution in [3.05, 3.63) is 46.6 Å². The molecule has 1 aromatic heterocycles. The van der Waals surface area contributed by atoms with Gasteiger partial charge in [0.15, 0.2) is 0 Å². The van der Waals surface area contributed by atoms with E-state index < -0.39 is 0 Å². The summed E-state index contributed by atoms with van der Waals surface area (Å²) in [5.74, 6) is 0.349. The molecule has 0 amide bonds. The van der Waals surface area contributed by atoms with Crippen molar-refractivity contribution in [3.63, 3.8) is 0 Å². The Morgan fingerprint density at radius 1 is 1.35 bits per heavy atom. The summed E-state index contributed by atoms with van der Waals surface area (Å²) in [4.78, 5) is 8.40. The number of aromatic nitrogens is 2. The minimum atomic E-state index is -0.364. The van der Waals surface area contributed by atoms with E-state index in [2.05, 4.69) is 38.1 Å². The van der Waals surface area contributed by atoms with Gasteiger partial charge >= 0.3 is 0 Å². The Labute approximate surface area is 125 Å². The summed E-state index contributed by atoms with van der Waals surface area (Å²) >= 11 is 3.31. The minimum Gasteiger partial charge on any atom is -0.436 e. The van der Waals surface area contributed by atoms with Gasteiger partial charge in [-0.1, -0.05) is 6.92 Å². The van der Waals surface area contributed by atoms with Crippen LogP contribution in [0.3, 0.4) is 0 Å². The predicted octanol–water partition coefficient (Wildman–Crippen LogP) is 3.67. The number of hydrogen-bond donors (Lipinski definition) is 1. The zero-order chi connectivity index (χ0) is 14.4. The van der Waals surface area contributed by atoms with Crippen LogP contribution in [-0.2, 0) is 6.54 Å². The van der Waals surface area contributed by atoms with Gasteiger partial charge in [-0.15, -0.1) is 0 Å². The topological polar surface area (TPSA) is 47.0 Å². The molecule has 0 aliphatic rings. The lowest BCUT2D eigenvalue weighted by Gasteiger charge is -2.08. The third kappa shape index (κ3) is 4.25. The molecule has 20 heavy (non-hydrogen) atoms. The van der Waals surface area contributed by atoms with E-state index in [1.807, 2.05) is 0 Å². The molecule has 4 nitrogen and oxygen atoms in total. The van der Waals surface area contributed by atoms with E-state index in [4.69, 9.17) is 4.74 Å². The molecular formula is C14H15BrFN3O. The van der Waals surface area contributed by atoms with E-state index in [1.165, 1.54) is 18.3 Å². The third-order valence-electron chi connectivity index (χ3n) is 2.50. The van der Waals surface area contributed by atoms with Gasteiger partial charge in [-0.05, 0) is 41.0 Å². The molecule has 2 aromatic rings. The molecule has 0 fully saturated rings. The van der Waals surface area contributed by atoms with E-state index >= 15 is 0 Å². The number of benzene rings is 1. The zero-order valence-corrected chi connectivity index (χ0v) is 12.7. The summed E-state index contributed by atoms with van der Waals surface area (Å²) in [5, 5.41) is 3.24. The quantitative estimate of drug-likeness (QED) is 0.815. The second-order valence-electron chi connectivity index (χ2n) is 4.20. The first-order chi connectivity index (χ1) is 9.69. The monoisotopic (exact) mass is 339 g/mol. The molecule has 0 atom stereocenters. The number of rotatable bonds is 6. The number of ether oxygens (including phenoxy) is 1. The lowest BCUT2D eigenvalue weighted by Crippen LogP contribution is -2.15. The maximum atomic E-state index is 13.2. The molecule has 0 bridgehead atoms. The van der Waals surface area contributed by atoms with Crippen molar-refractivity contribution in [3.8, 4) is 11.6 Å². The van der Waals surface area contributed by atoms with Gasteiger partial charge in [0.2, 0.25) is 5.88 Å². The number of hydrogen-bond acceptors (Lipinski definition) is 4. The van der Waals surface area contributed by atoms with Gasteiger partial charge in [0.25, 0.3) is 0 Å². The van der Waals surface area contributed by atoms with Crippen molar-refractivity contribution in [1.29, 1.82) is 0 Å². The first-order valence-electron chi connectivity index (χ1n) is 6.33. The van der Waals surface area contributed by atoms with E-state index in [1.54, 1.807) is 12.3 Å². The summed E-state index contributed by atoms with van der Waals surface area (Å²) < 4.78 is 19.4. The smallest absolute Gasteiger partial charge is 0.238 e. The van der Waals surface area contributed by atoms with Crippen LogP contribution in [0.1, 0.15) is 19.0 Å². The molecule has 0 radical (unpaired) electrons. The molecule has 2 rings (SSSR count). The van der Waals surface area contributed by atoms with Crippen LogP contribution >= 0.6 is 15.9 Å². The fourth-order valence-corrected chi connectivity index (χ4v) is 1.91. The predicted molar refractivity (Wildman–Crippen MR) is 78.2 cm³/mol. The Kier molecular flexibility index (Phi) is 5.43. The zero-order valence-electron chi connectivity index (χ0n) is 11.1. The highest BCUT2D eigenvalue weighted by Crippen LogP contribution is 2.29. The highest BCUT2D eigenvalue weighted by Gasteiger charge is 2.06. The second-order valence-corrected chi connectivity index (χ2v) is 5.06. The second kappa shape index (κ2) is 7.31. The molecule has 0 unspecified atom stereocenters. The minimum absolute atomic E-state index is 0.340. The summed E-state index contributed by atoms with van der Waals surface area (Å²) in [5.41, 5.74) is 0.781. The van der Waals surface area contributed by atoms with Gasteiger partial charge in [0.1, 0.15) is 11.6 Å². The Morgan fingerprint density at radius 2 is 2.20 bits per heavy atom. The van der Waals surface area contributed by atoms with Gasteiger partial charge < -0.3 is 10.1 Å². The van der Waals surface area contributed by atoms with Crippen LogP contribution in [0, 0.1) is 5.82 Å². The summed E-state index contributed by atoms with van der Waals surface area (Å²) in [6.07, 6.45) is 4.23. The fourth-order valence-electron chi connectivity index (χ4n) is 1.58. The maximum Gasteiger partial charge on any atom is 0.238 e. The molecule has 6 heteroatoms. The van der Waals surface area contributed by atoms with Crippen molar-refractivity contribution < 1.29 is 9.13 Å². The molecule has 0 aliphatic carbocycles. The van der Waals surface area contributed by atoms with Crippen molar-refractivity contribution in [2.45, 2.75) is 19.9 Å². The molecule has 1 aromatic carbocycles. The number of nitrogens with zero attached hydrogens (tertiary/aromatic N) is 2. The van der Waals surface area contributed by atoms with Crippen LogP contribution < -0.4 is 10.1 Å². The maximum absolute atomic E-state index is 13.2. The van der Waals surface area contributed by atoms with Gasteiger partial charge in [-0.25, -0.2) is 9.37 Å². The average molecular weight is 340 g/mol.